The van der Waals surface area contributed by atoms with Crippen molar-refractivity contribution in [2.45, 2.75) is 42.1 Å². The Morgan fingerprint density at radius 2 is 1.92 bits per heavy atom. The largest absolute Gasteiger partial charge is 0.446 e. The van der Waals surface area contributed by atoms with Gasteiger partial charge in [0, 0.05) is 4.75 Å². The van der Waals surface area contributed by atoms with E-state index >= 15 is 0 Å². The maximum atomic E-state index is 12.2. The van der Waals surface area contributed by atoms with E-state index in [1.807, 2.05) is 7.05 Å². The van der Waals surface area contributed by atoms with Gasteiger partial charge in [-0.25, -0.2) is 8.42 Å². The van der Waals surface area contributed by atoms with Crippen molar-refractivity contribution in [1.29, 1.82) is 0 Å². The standard InChI is InChI=1S/C16H24N2O4S2/c1-13(17-24(20,21)14-6-4-3-5-7-14)22-15(19)12-16(23)8-10-18(2)11-9-16/h3-7,13,17,23H,8-12H2,1-2H3. The summed E-state index contributed by atoms with van der Waals surface area (Å²) in [6.07, 6.45) is 0.824. The first kappa shape index (κ1) is 19.2. The molecule has 0 amide bonds. The number of nitrogens with one attached hydrogen (secondary N) is 1. The normalized spacial score (nSPS) is 19.6. The van der Waals surface area contributed by atoms with Crippen molar-refractivity contribution in [2.24, 2.45) is 0 Å². The number of carbonyl (C=O) groups is 1. The molecule has 2 rings (SSSR count). The number of hydrogen-bond acceptors (Lipinski definition) is 6. The topological polar surface area (TPSA) is 75.7 Å². The third-order valence-electron chi connectivity index (χ3n) is 4.07. The Morgan fingerprint density at radius 1 is 1.33 bits per heavy atom. The fourth-order valence-corrected chi connectivity index (χ4v) is 4.09. The maximum absolute atomic E-state index is 12.2. The third kappa shape index (κ3) is 5.47. The Bertz CT molecular complexity index is 656. The van der Waals surface area contributed by atoms with Crippen LogP contribution < -0.4 is 4.72 Å². The highest BCUT2D eigenvalue weighted by Crippen LogP contribution is 2.32. The molecule has 1 N–H and O–H groups in total. The van der Waals surface area contributed by atoms with E-state index in [0.717, 1.165) is 25.9 Å². The molecule has 0 aliphatic carbocycles. The molecular weight excluding hydrogens is 348 g/mol. The molecule has 1 fully saturated rings. The van der Waals surface area contributed by atoms with Crippen molar-refractivity contribution in [1.82, 2.24) is 9.62 Å². The molecule has 24 heavy (non-hydrogen) atoms. The van der Waals surface area contributed by atoms with Crippen LogP contribution >= 0.6 is 12.6 Å². The van der Waals surface area contributed by atoms with Crippen molar-refractivity contribution < 1.29 is 17.9 Å². The van der Waals surface area contributed by atoms with Gasteiger partial charge >= 0.3 is 5.97 Å². The van der Waals surface area contributed by atoms with Crippen molar-refractivity contribution in [3.8, 4) is 0 Å². The lowest BCUT2D eigenvalue weighted by atomic mass is 9.92. The first-order valence-corrected chi connectivity index (χ1v) is 9.81. The summed E-state index contributed by atoms with van der Waals surface area (Å²) in [6.45, 7) is 3.26. The molecule has 6 nitrogen and oxygen atoms in total. The summed E-state index contributed by atoms with van der Waals surface area (Å²) < 4.78 is 31.6. The summed E-state index contributed by atoms with van der Waals surface area (Å²) in [4.78, 5) is 14.4. The number of piperidine rings is 1. The summed E-state index contributed by atoms with van der Waals surface area (Å²) in [5.41, 5.74) is 0. The molecule has 8 heteroatoms. The molecule has 1 aromatic rings. The van der Waals surface area contributed by atoms with Crippen molar-refractivity contribution in [3.63, 3.8) is 0 Å². The molecule has 134 valence electrons. The number of likely N-dealkylation sites (tertiary alicyclic amines) is 1. The second-order valence-electron chi connectivity index (χ2n) is 6.27. The second-order valence-corrected chi connectivity index (χ2v) is 8.93. The fourth-order valence-electron chi connectivity index (χ4n) is 2.63. The Kier molecular flexibility index (Phi) is 6.30. The molecular formula is C16H24N2O4S2. The minimum Gasteiger partial charge on any atom is -0.446 e. The molecule has 1 aliphatic heterocycles. The number of carbonyl (C=O) groups excluding carboxylic acids is 1. The van der Waals surface area contributed by atoms with Crippen LogP contribution in [-0.4, -0.2) is 50.4 Å². The summed E-state index contributed by atoms with van der Waals surface area (Å²) in [5, 5.41) is 0. The monoisotopic (exact) mass is 372 g/mol. The number of thiol groups is 1. The van der Waals surface area contributed by atoms with E-state index in [-0.39, 0.29) is 16.1 Å². The molecule has 1 aliphatic rings. The van der Waals surface area contributed by atoms with Gasteiger partial charge in [0.2, 0.25) is 10.0 Å². The van der Waals surface area contributed by atoms with Gasteiger partial charge in [0.1, 0.15) is 0 Å². The Morgan fingerprint density at radius 3 is 2.50 bits per heavy atom. The molecule has 1 heterocycles. The number of hydrogen-bond donors (Lipinski definition) is 2. The predicted octanol–water partition coefficient (Wildman–Crippen LogP) is 1.64. The number of benzene rings is 1. The van der Waals surface area contributed by atoms with Crippen molar-refractivity contribution in [2.75, 3.05) is 20.1 Å². The smallest absolute Gasteiger partial charge is 0.308 e. The summed E-state index contributed by atoms with van der Waals surface area (Å²) in [7, 11) is -1.68. The van der Waals surface area contributed by atoms with Crippen LogP contribution in [-0.2, 0) is 19.6 Å². The minimum absolute atomic E-state index is 0.133. The lowest BCUT2D eigenvalue weighted by Crippen LogP contribution is -2.42. The number of esters is 1. The van der Waals surface area contributed by atoms with Crippen LogP contribution in [0.3, 0.4) is 0 Å². The van der Waals surface area contributed by atoms with Gasteiger partial charge in [-0.05, 0) is 52.0 Å². The molecule has 0 aromatic heterocycles. The number of nitrogens with zero attached hydrogens (tertiary/aromatic N) is 1. The van der Waals surface area contributed by atoms with Crippen LogP contribution in [0.4, 0.5) is 0 Å². The zero-order valence-electron chi connectivity index (χ0n) is 13.9. The minimum atomic E-state index is -3.71. The molecule has 1 unspecified atom stereocenters. The molecule has 1 saturated heterocycles. The maximum Gasteiger partial charge on any atom is 0.308 e. The van der Waals surface area contributed by atoms with Crippen LogP contribution in [0.2, 0.25) is 0 Å². The third-order valence-corrected chi connectivity index (χ3v) is 6.21. The lowest BCUT2D eigenvalue weighted by molar-refractivity contribution is -0.149. The van der Waals surface area contributed by atoms with E-state index in [4.69, 9.17) is 4.74 Å². The number of sulfonamides is 1. The lowest BCUT2D eigenvalue weighted by Gasteiger charge is -2.36. The number of rotatable bonds is 6. The van der Waals surface area contributed by atoms with E-state index in [1.54, 1.807) is 18.2 Å². The average Bonchev–Trinajstić information content (AvgIpc) is 2.50. The van der Waals surface area contributed by atoms with Gasteiger partial charge in [-0.2, -0.15) is 17.4 Å². The van der Waals surface area contributed by atoms with Crippen LogP contribution in [0.25, 0.3) is 0 Å². The Labute approximate surface area is 149 Å². The average molecular weight is 373 g/mol. The highest BCUT2D eigenvalue weighted by atomic mass is 32.2. The quantitative estimate of drug-likeness (QED) is 0.451. The van der Waals surface area contributed by atoms with Crippen LogP contribution in [0.5, 0.6) is 0 Å². The van der Waals surface area contributed by atoms with Gasteiger partial charge in [0.25, 0.3) is 0 Å². The van der Waals surface area contributed by atoms with E-state index in [9.17, 15) is 13.2 Å². The highest BCUT2D eigenvalue weighted by Gasteiger charge is 2.33. The SMILES string of the molecule is CC(NS(=O)(=O)c1ccccc1)OC(=O)CC1(S)CCN(C)CC1. The fraction of sp³-hybridized carbons (Fsp3) is 0.562. The molecule has 1 aromatic carbocycles. The van der Waals surface area contributed by atoms with Gasteiger partial charge in [-0.3, -0.25) is 4.79 Å². The van der Waals surface area contributed by atoms with Crippen LogP contribution in [0.1, 0.15) is 26.2 Å². The molecule has 0 bridgehead atoms. The Balaban J connectivity index is 1.88. The van der Waals surface area contributed by atoms with Crippen molar-refractivity contribution >= 4 is 28.6 Å². The van der Waals surface area contributed by atoms with Gasteiger partial charge in [0.05, 0.1) is 11.3 Å². The summed E-state index contributed by atoms with van der Waals surface area (Å²) in [6, 6.07) is 7.97. The molecule has 0 spiro atoms. The van der Waals surface area contributed by atoms with E-state index < -0.39 is 22.2 Å². The Hall–Kier alpha value is -1.09. The summed E-state index contributed by atoms with van der Waals surface area (Å²) in [5.74, 6) is -0.446. The summed E-state index contributed by atoms with van der Waals surface area (Å²) >= 11 is 4.63. The van der Waals surface area contributed by atoms with Gasteiger partial charge in [-0.1, -0.05) is 18.2 Å². The first-order valence-electron chi connectivity index (χ1n) is 7.88. The first-order chi connectivity index (χ1) is 11.2. The zero-order chi connectivity index (χ0) is 17.8. The highest BCUT2D eigenvalue weighted by molar-refractivity contribution is 7.89. The molecule has 1 atom stereocenters. The van der Waals surface area contributed by atoms with Gasteiger partial charge in [-0.15, -0.1) is 0 Å². The molecule has 0 radical (unpaired) electrons. The van der Waals surface area contributed by atoms with Crippen molar-refractivity contribution in [3.05, 3.63) is 30.3 Å². The van der Waals surface area contributed by atoms with Crippen LogP contribution in [0, 0.1) is 0 Å². The molecule has 0 saturated carbocycles. The van der Waals surface area contributed by atoms with Gasteiger partial charge < -0.3 is 9.64 Å². The second kappa shape index (κ2) is 7.86. The van der Waals surface area contributed by atoms with E-state index in [2.05, 4.69) is 22.3 Å². The van der Waals surface area contributed by atoms with E-state index in [1.165, 1.54) is 19.1 Å². The number of ether oxygens (including phenoxy) is 1. The van der Waals surface area contributed by atoms with E-state index in [0.29, 0.717) is 0 Å². The zero-order valence-corrected chi connectivity index (χ0v) is 15.6. The van der Waals surface area contributed by atoms with Crippen LogP contribution in [0.15, 0.2) is 35.2 Å². The van der Waals surface area contributed by atoms with Gasteiger partial charge in [0.15, 0.2) is 6.23 Å². The predicted molar refractivity (Wildman–Crippen MR) is 95.4 cm³/mol.